The van der Waals surface area contributed by atoms with Gasteiger partial charge in [0.15, 0.2) is 11.5 Å². The zero-order chi connectivity index (χ0) is 19.6. The topological polar surface area (TPSA) is 48.4 Å². The first kappa shape index (κ1) is 18.4. The Morgan fingerprint density at radius 2 is 2.10 bits per heavy atom. The predicted octanol–water partition coefficient (Wildman–Crippen LogP) is 5.98. The second-order valence-electron chi connectivity index (χ2n) is 8.54. The minimum absolute atomic E-state index is 0. The number of aryl methyl sites for hydroxylation is 1. The molecule has 0 amide bonds. The maximum atomic E-state index is 12.7. The van der Waals surface area contributed by atoms with Crippen molar-refractivity contribution >= 4 is 11.9 Å². The third-order valence-corrected chi connectivity index (χ3v) is 6.55. The minimum Gasteiger partial charge on any atom is -0.454 e. The highest BCUT2D eigenvalue weighted by Crippen LogP contribution is 2.40. The Morgan fingerprint density at radius 1 is 1.17 bits per heavy atom. The summed E-state index contributed by atoms with van der Waals surface area (Å²) in [6.07, 6.45) is 14.2. The third kappa shape index (κ3) is 3.93. The minimum atomic E-state index is 0. The molecule has 4 nitrogen and oxygen atoms in total. The third-order valence-electron chi connectivity index (χ3n) is 6.55. The van der Waals surface area contributed by atoms with Crippen molar-refractivity contribution < 1.29 is 18.5 Å². The second-order valence-corrected chi connectivity index (χ2v) is 8.54. The Morgan fingerprint density at radius 3 is 3.07 bits per heavy atom. The van der Waals surface area contributed by atoms with Crippen molar-refractivity contribution in [2.45, 2.75) is 57.3 Å². The van der Waals surface area contributed by atoms with E-state index in [1.165, 1.54) is 29.7 Å². The summed E-state index contributed by atoms with van der Waals surface area (Å²) in [5.74, 6) is 2.94. The number of aromatic nitrogens is 1. The molecule has 2 heterocycles. The van der Waals surface area contributed by atoms with Crippen LogP contribution in [0, 0.1) is 5.92 Å². The number of hydrogen-bond donors (Lipinski definition) is 0. The Balaban J connectivity index is 0.00000121. The van der Waals surface area contributed by atoms with Gasteiger partial charge in [-0.2, -0.15) is 0 Å². The van der Waals surface area contributed by atoms with Crippen LogP contribution < -0.4 is 9.47 Å². The van der Waals surface area contributed by atoms with Crippen LogP contribution in [0.2, 0.25) is 0 Å². The number of allylic oxidation sites excluding steroid dienone is 1. The highest BCUT2D eigenvalue weighted by Gasteiger charge is 2.28. The molecule has 0 saturated heterocycles. The van der Waals surface area contributed by atoms with Gasteiger partial charge < -0.3 is 9.47 Å². The van der Waals surface area contributed by atoms with E-state index in [9.17, 15) is 4.79 Å². The lowest BCUT2D eigenvalue weighted by Crippen LogP contribution is -2.19. The molecule has 1 aliphatic heterocycles. The SMILES string of the molecule is O=C(CCc1ccc2c(c1)OCO2)CC1CCCC(c2nccc3c2C=CC3)C1.[HH].[HH].[HH]. The molecule has 0 N–H and O–H groups in total. The molecule has 4 heteroatoms. The molecular formula is C25H33NO3. The van der Waals surface area contributed by atoms with E-state index in [0.29, 0.717) is 30.5 Å². The van der Waals surface area contributed by atoms with Gasteiger partial charge in [-0.3, -0.25) is 9.78 Å². The molecule has 1 fully saturated rings. The molecule has 5 rings (SSSR count). The summed E-state index contributed by atoms with van der Waals surface area (Å²) >= 11 is 0. The van der Waals surface area contributed by atoms with Crippen LogP contribution in [0.15, 0.2) is 36.5 Å². The number of benzene rings is 1. The van der Waals surface area contributed by atoms with Gasteiger partial charge >= 0.3 is 0 Å². The lowest BCUT2D eigenvalue weighted by Gasteiger charge is -2.29. The van der Waals surface area contributed by atoms with Gasteiger partial charge in [-0.15, -0.1) is 0 Å². The highest BCUT2D eigenvalue weighted by atomic mass is 16.7. The summed E-state index contributed by atoms with van der Waals surface area (Å²) in [5, 5.41) is 0. The number of Topliss-reactive ketones (excluding diaryl/α,β-unsaturated/α-hetero) is 1. The van der Waals surface area contributed by atoms with Crippen LogP contribution in [-0.2, 0) is 17.6 Å². The molecule has 1 aromatic carbocycles. The van der Waals surface area contributed by atoms with E-state index in [4.69, 9.17) is 14.5 Å². The van der Waals surface area contributed by atoms with Gasteiger partial charge in [0, 0.05) is 29.2 Å². The Bertz CT molecular complexity index is 963. The van der Waals surface area contributed by atoms with Crippen molar-refractivity contribution in [2.75, 3.05) is 6.79 Å². The maximum Gasteiger partial charge on any atom is 0.231 e. The van der Waals surface area contributed by atoms with Crippen molar-refractivity contribution in [2.24, 2.45) is 5.92 Å². The lowest BCUT2D eigenvalue weighted by atomic mass is 9.76. The summed E-state index contributed by atoms with van der Waals surface area (Å²) in [5.41, 5.74) is 5.14. The van der Waals surface area contributed by atoms with Gasteiger partial charge in [-0.25, -0.2) is 0 Å². The largest absolute Gasteiger partial charge is 0.454 e. The van der Waals surface area contributed by atoms with Crippen molar-refractivity contribution in [3.05, 3.63) is 58.9 Å². The molecule has 2 aromatic rings. The molecule has 1 aromatic heterocycles. The molecule has 1 saturated carbocycles. The van der Waals surface area contributed by atoms with E-state index in [0.717, 1.165) is 42.7 Å². The van der Waals surface area contributed by atoms with Gasteiger partial charge in [-0.05, 0) is 72.9 Å². The van der Waals surface area contributed by atoms with Crippen LogP contribution in [0.1, 0.15) is 71.1 Å². The first-order valence-corrected chi connectivity index (χ1v) is 10.8. The van der Waals surface area contributed by atoms with Crippen LogP contribution in [0.4, 0.5) is 0 Å². The predicted molar refractivity (Wildman–Crippen MR) is 119 cm³/mol. The summed E-state index contributed by atoms with van der Waals surface area (Å²) in [6.45, 7) is 0.288. The van der Waals surface area contributed by atoms with Crippen molar-refractivity contribution in [1.82, 2.24) is 4.98 Å². The zero-order valence-electron chi connectivity index (χ0n) is 16.7. The number of hydrogen-bond acceptors (Lipinski definition) is 4. The van der Waals surface area contributed by atoms with E-state index in [1.807, 2.05) is 24.4 Å². The molecule has 29 heavy (non-hydrogen) atoms. The number of fused-ring (bicyclic) bond motifs is 2. The quantitative estimate of drug-likeness (QED) is 0.603. The van der Waals surface area contributed by atoms with E-state index in [-0.39, 0.29) is 11.1 Å². The number of pyridine rings is 1. The molecule has 156 valence electrons. The van der Waals surface area contributed by atoms with Crippen LogP contribution in [0.25, 0.3) is 6.08 Å². The average Bonchev–Trinajstić information content (AvgIpc) is 3.41. The maximum absolute atomic E-state index is 12.7. The zero-order valence-corrected chi connectivity index (χ0v) is 16.7. The number of ether oxygens (including phenoxy) is 2. The van der Waals surface area contributed by atoms with Gasteiger partial charge in [0.2, 0.25) is 6.79 Å². The molecule has 0 radical (unpaired) electrons. The van der Waals surface area contributed by atoms with Crippen molar-refractivity contribution in [3.8, 4) is 11.5 Å². The van der Waals surface area contributed by atoms with E-state index < -0.39 is 0 Å². The molecule has 0 spiro atoms. The van der Waals surface area contributed by atoms with Crippen molar-refractivity contribution in [1.29, 1.82) is 0 Å². The Kier molecular flexibility index (Phi) is 5.09. The van der Waals surface area contributed by atoms with Gasteiger partial charge in [0.1, 0.15) is 5.78 Å². The van der Waals surface area contributed by atoms with Crippen LogP contribution >= 0.6 is 0 Å². The number of ketones is 1. The van der Waals surface area contributed by atoms with E-state index >= 15 is 0 Å². The summed E-state index contributed by atoms with van der Waals surface area (Å²) in [4.78, 5) is 17.4. The van der Waals surface area contributed by atoms with Crippen LogP contribution in [0.3, 0.4) is 0 Å². The van der Waals surface area contributed by atoms with Gasteiger partial charge in [0.25, 0.3) is 0 Å². The first-order chi connectivity index (χ1) is 14.3. The Hall–Kier alpha value is -2.62. The number of carbonyl (C=O) groups is 1. The smallest absolute Gasteiger partial charge is 0.231 e. The molecular weight excluding hydrogens is 362 g/mol. The summed E-state index contributed by atoms with van der Waals surface area (Å²) in [6, 6.07) is 8.11. The van der Waals surface area contributed by atoms with E-state index in [2.05, 4.69) is 18.2 Å². The highest BCUT2D eigenvalue weighted by molar-refractivity contribution is 5.79. The van der Waals surface area contributed by atoms with Gasteiger partial charge in [0.05, 0.1) is 5.69 Å². The number of carbonyl (C=O) groups excluding carboxylic acids is 1. The standard InChI is InChI=1S/C25H27NO3.3H2/c27-21(9-7-17-8-10-23-24(15-17)29-16-28-23)14-18-3-1-5-20(13-18)25-22-6-2-4-19(22)11-12-26-25;;;/h2,6,8,10-12,15,18,20H,1,3-5,7,9,13-14,16H2;3*1H. The molecule has 2 unspecified atom stereocenters. The fourth-order valence-corrected chi connectivity index (χ4v) is 5.06. The van der Waals surface area contributed by atoms with Crippen LogP contribution in [-0.4, -0.2) is 17.6 Å². The Labute approximate surface area is 176 Å². The molecule has 2 aliphatic carbocycles. The summed E-state index contributed by atoms with van der Waals surface area (Å²) in [7, 11) is 0. The monoisotopic (exact) mass is 395 g/mol. The fraction of sp³-hybridized carbons (Fsp3) is 0.440. The van der Waals surface area contributed by atoms with Crippen molar-refractivity contribution in [3.63, 3.8) is 0 Å². The normalized spacial score (nSPS) is 21.9. The lowest BCUT2D eigenvalue weighted by molar-refractivity contribution is -0.120. The molecule has 2 atom stereocenters. The van der Waals surface area contributed by atoms with E-state index in [1.54, 1.807) is 0 Å². The average molecular weight is 396 g/mol. The number of nitrogens with zero attached hydrogens (tertiary/aromatic N) is 1. The summed E-state index contributed by atoms with van der Waals surface area (Å²) < 4.78 is 10.8. The molecule has 3 aliphatic rings. The fourth-order valence-electron chi connectivity index (χ4n) is 5.06. The molecule has 0 bridgehead atoms. The second kappa shape index (κ2) is 8.02. The number of rotatable bonds is 6. The van der Waals surface area contributed by atoms with Crippen LogP contribution in [0.5, 0.6) is 11.5 Å². The first-order valence-electron chi connectivity index (χ1n) is 10.8. The van der Waals surface area contributed by atoms with Gasteiger partial charge in [-0.1, -0.05) is 24.6 Å².